The maximum Gasteiger partial charge on any atom is 0.251 e. The fourth-order valence-corrected chi connectivity index (χ4v) is 5.07. The second kappa shape index (κ2) is 11.0. The zero-order valence-electron chi connectivity index (χ0n) is 21.3. The smallest absolute Gasteiger partial charge is 0.251 e. The number of anilines is 2. The van der Waals surface area contributed by atoms with Crippen molar-refractivity contribution in [2.75, 3.05) is 10.6 Å². The van der Waals surface area contributed by atoms with Gasteiger partial charge in [-0.15, -0.1) is 0 Å². The third-order valence-electron chi connectivity index (χ3n) is 6.98. The molecule has 0 saturated carbocycles. The molecule has 5 rings (SSSR count). The van der Waals surface area contributed by atoms with Crippen molar-refractivity contribution in [1.29, 1.82) is 0 Å². The van der Waals surface area contributed by atoms with Gasteiger partial charge in [0, 0.05) is 36.2 Å². The van der Waals surface area contributed by atoms with Crippen LogP contribution in [0.25, 0.3) is 11.3 Å². The standard InChI is InChI=1S/C29H32N6O3/c1-17(36)32-20-11-13-22-25(15-20)33-27(37)9-4-2-3-8-24(28-31-16-26(22)34-28)35-29(38)19-10-12-21-18(14-19)6-5-7-23(21)30/h2-3,10-16,23-24H,4-9,30H2,1H3,(H,31,34)(H,32,36)(H,33,37)(H,35,38)/b3-2+/t23-,24-/m0/s1. The van der Waals surface area contributed by atoms with Gasteiger partial charge in [0.2, 0.25) is 11.8 Å². The zero-order chi connectivity index (χ0) is 26.6. The van der Waals surface area contributed by atoms with Gasteiger partial charge in [0.1, 0.15) is 5.82 Å². The van der Waals surface area contributed by atoms with Crippen molar-refractivity contribution >= 4 is 29.1 Å². The van der Waals surface area contributed by atoms with E-state index in [0.29, 0.717) is 47.7 Å². The van der Waals surface area contributed by atoms with Crippen LogP contribution in [-0.4, -0.2) is 27.7 Å². The molecule has 0 spiro atoms. The first kappa shape index (κ1) is 25.4. The van der Waals surface area contributed by atoms with E-state index in [9.17, 15) is 14.4 Å². The van der Waals surface area contributed by atoms with E-state index in [4.69, 9.17) is 5.73 Å². The first-order chi connectivity index (χ1) is 18.4. The van der Waals surface area contributed by atoms with Crippen LogP contribution >= 0.6 is 0 Å². The molecule has 2 heterocycles. The Kier molecular flexibility index (Phi) is 7.37. The molecule has 6 N–H and O–H groups in total. The normalized spacial score (nSPS) is 19.9. The quantitative estimate of drug-likeness (QED) is 0.328. The predicted octanol–water partition coefficient (Wildman–Crippen LogP) is 4.52. The monoisotopic (exact) mass is 512 g/mol. The van der Waals surface area contributed by atoms with Crippen molar-refractivity contribution in [2.24, 2.45) is 5.73 Å². The fourth-order valence-electron chi connectivity index (χ4n) is 5.07. The maximum atomic E-state index is 13.3. The van der Waals surface area contributed by atoms with Crippen LogP contribution < -0.4 is 21.7 Å². The Morgan fingerprint density at radius 1 is 1.11 bits per heavy atom. The molecule has 2 aromatic carbocycles. The van der Waals surface area contributed by atoms with E-state index in [1.54, 1.807) is 18.3 Å². The summed E-state index contributed by atoms with van der Waals surface area (Å²) in [5.41, 5.74) is 11.7. The molecule has 0 radical (unpaired) electrons. The average Bonchev–Trinajstić information content (AvgIpc) is 3.37. The van der Waals surface area contributed by atoms with Crippen molar-refractivity contribution in [3.63, 3.8) is 0 Å². The van der Waals surface area contributed by atoms with Crippen molar-refractivity contribution < 1.29 is 14.4 Å². The predicted molar refractivity (Wildman–Crippen MR) is 146 cm³/mol. The lowest BCUT2D eigenvalue weighted by Gasteiger charge is -2.23. The van der Waals surface area contributed by atoms with Gasteiger partial charge in [0.15, 0.2) is 0 Å². The summed E-state index contributed by atoms with van der Waals surface area (Å²) in [6.45, 7) is 1.43. The summed E-state index contributed by atoms with van der Waals surface area (Å²) in [4.78, 5) is 45.4. The number of allylic oxidation sites excluding steroid dienone is 1. The minimum atomic E-state index is -0.391. The first-order valence-electron chi connectivity index (χ1n) is 13.0. The third-order valence-corrected chi connectivity index (χ3v) is 6.98. The Morgan fingerprint density at radius 2 is 1.97 bits per heavy atom. The van der Waals surface area contributed by atoms with Crippen molar-refractivity contribution in [3.05, 3.63) is 77.3 Å². The lowest BCUT2D eigenvalue weighted by atomic mass is 9.87. The minimum absolute atomic E-state index is 0.0245. The number of hydrogen-bond acceptors (Lipinski definition) is 5. The molecule has 2 atom stereocenters. The van der Waals surface area contributed by atoms with Gasteiger partial charge in [0.25, 0.3) is 5.91 Å². The van der Waals surface area contributed by atoms with E-state index in [-0.39, 0.29) is 23.8 Å². The average molecular weight is 513 g/mol. The minimum Gasteiger partial charge on any atom is -0.342 e. The number of imidazole rings is 1. The lowest BCUT2D eigenvalue weighted by Crippen LogP contribution is -2.29. The highest BCUT2D eigenvalue weighted by Gasteiger charge is 2.22. The molecule has 1 aliphatic carbocycles. The number of carbonyl (C=O) groups is 3. The summed E-state index contributed by atoms with van der Waals surface area (Å²) in [7, 11) is 0. The first-order valence-corrected chi connectivity index (χ1v) is 13.0. The molecule has 2 bridgehead atoms. The van der Waals surface area contributed by atoms with Crippen LogP contribution in [-0.2, 0) is 16.0 Å². The highest BCUT2D eigenvalue weighted by atomic mass is 16.2. The summed E-state index contributed by atoms with van der Waals surface area (Å²) in [5, 5.41) is 8.84. The van der Waals surface area contributed by atoms with Crippen LogP contribution in [0.4, 0.5) is 11.4 Å². The molecule has 0 fully saturated rings. The van der Waals surface area contributed by atoms with Gasteiger partial charge in [-0.3, -0.25) is 14.4 Å². The van der Waals surface area contributed by atoms with E-state index in [0.717, 1.165) is 36.0 Å². The summed E-state index contributed by atoms with van der Waals surface area (Å²) in [5.74, 6) is 0.104. The van der Waals surface area contributed by atoms with Gasteiger partial charge in [-0.2, -0.15) is 0 Å². The molecule has 1 aromatic heterocycles. The Bertz CT molecular complexity index is 1410. The highest BCUT2D eigenvalue weighted by molar-refractivity contribution is 5.98. The zero-order valence-corrected chi connectivity index (χ0v) is 21.3. The molecular formula is C29H32N6O3. The van der Waals surface area contributed by atoms with E-state index >= 15 is 0 Å². The fraction of sp³-hybridized carbons (Fsp3) is 0.310. The molecule has 196 valence electrons. The van der Waals surface area contributed by atoms with Gasteiger partial charge < -0.3 is 26.7 Å². The second-order valence-electron chi connectivity index (χ2n) is 9.86. The number of carbonyl (C=O) groups excluding carboxylic acids is 3. The summed E-state index contributed by atoms with van der Waals surface area (Å²) in [6, 6.07) is 10.7. The number of nitrogens with one attached hydrogen (secondary N) is 4. The molecule has 0 saturated heterocycles. The number of rotatable bonds is 3. The van der Waals surface area contributed by atoms with Gasteiger partial charge in [-0.25, -0.2) is 4.98 Å². The van der Waals surface area contributed by atoms with Gasteiger partial charge >= 0.3 is 0 Å². The van der Waals surface area contributed by atoms with Crippen LogP contribution in [0.5, 0.6) is 0 Å². The lowest BCUT2D eigenvalue weighted by molar-refractivity contribution is -0.116. The second-order valence-corrected chi connectivity index (χ2v) is 9.86. The van der Waals surface area contributed by atoms with E-state index < -0.39 is 6.04 Å². The van der Waals surface area contributed by atoms with Crippen LogP contribution in [0.1, 0.15) is 78.4 Å². The summed E-state index contributed by atoms with van der Waals surface area (Å²) >= 11 is 0. The van der Waals surface area contributed by atoms with Crippen LogP contribution in [0.15, 0.2) is 54.7 Å². The Labute approximate surface area is 221 Å². The highest BCUT2D eigenvalue weighted by Crippen LogP contribution is 2.32. The van der Waals surface area contributed by atoms with Crippen LogP contribution in [0.3, 0.4) is 0 Å². The molecule has 0 unspecified atom stereocenters. The van der Waals surface area contributed by atoms with E-state index in [1.165, 1.54) is 6.92 Å². The number of aromatic amines is 1. The van der Waals surface area contributed by atoms with Gasteiger partial charge in [-0.05, 0) is 73.6 Å². The summed E-state index contributed by atoms with van der Waals surface area (Å²) in [6.07, 6.45) is 9.88. The molecule has 9 nitrogen and oxygen atoms in total. The number of aromatic nitrogens is 2. The molecule has 9 heteroatoms. The van der Waals surface area contributed by atoms with Crippen molar-refractivity contribution in [1.82, 2.24) is 15.3 Å². The number of hydrogen-bond donors (Lipinski definition) is 5. The molecule has 1 aliphatic heterocycles. The van der Waals surface area contributed by atoms with Crippen molar-refractivity contribution in [3.8, 4) is 11.3 Å². The molecule has 3 aromatic rings. The SMILES string of the molecule is CC(=O)Nc1ccc2c(c1)NC(=O)CC/C=C/C[C@H](NC(=O)c1ccc3c(c1)CCC[C@@H]3N)c1ncc-2[nH]1. The number of fused-ring (bicyclic) bond motifs is 5. The number of benzene rings is 2. The largest absolute Gasteiger partial charge is 0.342 e. The molecule has 2 aliphatic rings. The summed E-state index contributed by atoms with van der Waals surface area (Å²) < 4.78 is 0. The maximum absolute atomic E-state index is 13.3. The number of nitrogens with two attached hydrogens (primary N) is 1. The number of amides is 3. The van der Waals surface area contributed by atoms with Crippen LogP contribution in [0, 0.1) is 0 Å². The van der Waals surface area contributed by atoms with E-state index in [1.807, 2.05) is 36.4 Å². The molecule has 3 amide bonds. The van der Waals surface area contributed by atoms with Gasteiger partial charge in [-0.1, -0.05) is 18.2 Å². The topological polar surface area (TPSA) is 142 Å². The third kappa shape index (κ3) is 5.68. The Balaban J connectivity index is 1.44. The van der Waals surface area contributed by atoms with Crippen molar-refractivity contribution in [2.45, 2.75) is 57.5 Å². The molecule has 38 heavy (non-hydrogen) atoms. The number of aryl methyl sites for hydroxylation is 1. The molecular weight excluding hydrogens is 480 g/mol. The Hall–Kier alpha value is -4.24. The number of nitrogens with zero attached hydrogens (tertiary/aromatic N) is 1. The number of H-pyrrole nitrogens is 1. The van der Waals surface area contributed by atoms with E-state index in [2.05, 4.69) is 25.9 Å². The Morgan fingerprint density at radius 3 is 2.82 bits per heavy atom. The van der Waals surface area contributed by atoms with Gasteiger partial charge in [0.05, 0.1) is 23.6 Å². The van der Waals surface area contributed by atoms with Crippen LogP contribution in [0.2, 0.25) is 0 Å².